The maximum atomic E-state index is 5.93. The average Bonchev–Trinajstić information content (AvgIpc) is 2.20. The Bertz CT molecular complexity index is 205. The maximum absolute atomic E-state index is 5.93. The summed E-state index contributed by atoms with van der Waals surface area (Å²) in [5, 5.41) is 0. The van der Waals surface area contributed by atoms with E-state index in [4.69, 9.17) is 12.2 Å². The molecule has 0 aromatic carbocycles. The van der Waals surface area contributed by atoms with Crippen LogP contribution in [0.4, 0.5) is 0 Å². The molecule has 1 heterocycles. The Labute approximate surface area is 87.8 Å². The quantitative estimate of drug-likeness (QED) is 0.689. The molecule has 0 radical (unpaired) electrons. The Kier molecular flexibility index (Phi) is 4.44. The molecule has 1 aliphatic heterocycles. The molecular weight excluding hydrogens is 172 g/mol. The normalized spacial score (nSPS) is 28.0. The van der Waals surface area contributed by atoms with Crippen molar-refractivity contribution in [3.05, 3.63) is 0 Å². The molecule has 1 aliphatic rings. The van der Waals surface area contributed by atoms with Gasteiger partial charge in [-0.1, -0.05) is 12.8 Å². The number of nitrogens with zero attached hydrogens (tertiary/aromatic N) is 1. The number of terminal acetylenes is 1. The molecule has 0 amide bonds. The Hall–Kier alpha value is -0.520. The van der Waals surface area contributed by atoms with Crippen LogP contribution >= 0.6 is 0 Å². The molecule has 0 aliphatic carbocycles. The van der Waals surface area contributed by atoms with Crippen molar-refractivity contribution in [1.82, 2.24) is 4.90 Å². The summed E-state index contributed by atoms with van der Waals surface area (Å²) in [5.41, 5.74) is 5.93. The summed E-state index contributed by atoms with van der Waals surface area (Å²) in [6, 6.07) is 0.615. The predicted octanol–water partition coefficient (Wildman–Crippen LogP) is 1.46. The van der Waals surface area contributed by atoms with Gasteiger partial charge in [0.25, 0.3) is 0 Å². The van der Waals surface area contributed by atoms with Crippen LogP contribution in [0.1, 0.15) is 33.1 Å². The summed E-state index contributed by atoms with van der Waals surface area (Å²) < 4.78 is 0. The SMILES string of the molecule is C#CC(CC)N1CCCC(C(C)N)C1. The Morgan fingerprint density at radius 1 is 1.64 bits per heavy atom. The fourth-order valence-corrected chi connectivity index (χ4v) is 2.23. The van der Waals surface area contributed by atoms with Crippen molar-refractivity contribution in [2.24, 2.45) is 11.7 Å². The zero-order valence-electron chi connectivity index (χ0n) is 9.37. The highest BCUT2D eigenvalue weighted by Gasteiger charge is 2.25. The van der Waals surface area contributed by atoms with Crippen LogP contribution in [0.2, 0.25) is 0 Å². The molecule has 0 saturated carbocycles. The van der Waals surface area contributed by atoms with Crippen LogP contribution in [0.3, 0.4) is 0 Å². The zero-order valence-corrected chi connectivity index (χ0v) is 9.37. The van der Waals surface area contributed by atoms with E-state index in [-0.39, 0.29) is 0 Å². The van der Waals surface area contributed by atoms with Crippen molar-refractivity contribution >= 4 is 0 Å². The fourth-order valence-electron chi connectivity index (χ4n) is 2.23. The highest BCUT2D eigenvalue weighted by molar-refractivity contribution is 5.00. The van der Waals surface area contributed by atoms with Crippen molar-refractivity contribution in [3.8, 4) is 12.3 Å². The summed E-state index contributed by atoms with van der Waals surface area (Å²) >= 11 is 0. The molecular formula is C12H22N2. The standard InChI is InChI=1S/C12H22N2/c1-4-12(5-2)14-8-6-7-11(9-14)10(3)13/h1,10-12H,5-9,13H2,2-3H3. The summed E-state index contributed by atoms with van der Waals surface area (Å²) in [6.45, 7) is 6.48. The molecule has 0 aromatic heterocycles. The van der Waals surface area contributed by atoms with Gasteiger partial charge in [0.2, 0.25) is 0 Å². The van der Waals surface area contributed by atoms with Crippen molar-refractivity contribution in [3.63, 3.8) is 0 Å². The minimum Gasteiger partial charge on any atom is -0.328 e. The van der Waals surface area contributed by atoms with Crippen molar-refractivity contribution < 1.29 is 0 Å². The van der Waals surface area contributed by atoms with Crippen molar-refractivity contribution in [1.29, 1.82) is 0 Å². The van der Waals surface area contributed by atoms with Gasteiger partial charge in [0.15, 0.2) is 0 Å². The first-order chi connectivity index (χ1) is 6.69. The lowest BCUT2D eigenvalue weighted by Crippen LogP contribution is -2.46. The molecule has 3 unspecified atom stereocenters. The van der Waals surface area contributed by atoms with E-state index < -0.39 is 0 Å². The predicted molar refractivity (Wildman–Crippen MR) is 60.9 cm³/mol. The smallest absolute Gasteiger partial charge is 0.0709 e. The molecule has 1 saturated heterocycles. The third-order valence-electron chi connectivity index (χ3n) is 3.25. The van der Waals surface area contributed by atoms with E-state index in [1.165, 1.54) is 12.8 Å². The van der Waals surface area contributed by atoms with Crippen LogP contribution < -0.4 is 5.73 Å². The molecule has 80 valence electrons. The molecule has 14 heavy (non-hydrogen) atoms. The van der Waals surface area contributed by atoms with Gasteiger partial charge < -0.3 is 5.73 Å². The van der Waals surface area contributed by atoms with E-state index in [0.717, 1.165) is 19.5 Å². The Morgan fingerprint density at radius 3 is 2.86 bits per heavy atom. The van der Waals surface area contributed by atoms with E-state index in [1.807, 2.05) is 0 Å². The number of piperidine rings is 1. The van der Waals surface area contributed by atoms with E-state index in [1.54, 1.807) is 0 Å². The number of rotatable bonds is 3. The number of hydrogen-bond acceptors (Lipinski definition) is 2. The van der Waals surface area contributed by atoms with Gasteiger partial charge in [-0.05, 0) is 38.6 Å². The van der Waals surface area contributed by atoms with Gasteiger partial charge >= 0.3 is 0 Å². The van der Waals surface area contributed by atoms with Crippen LogP contribution in [0.15, 0.2) is 0 Å². The van der Waals surface area contributed by atoms with Gasteiger partial charge in [-0.3, -0.25) is 4.90 Å². The van der Waals surface area contributed by atoms with E-state index in [0.29, 0.717) is 18.0 Å². The van der Waals surface area contributed by atoms with Crippen molar-refractivity contribution in [2.75, 3.05) is 13.1 Å². The first-order valence-electron chi connectivity index (χ1n) is 5.64. The van der Waals surface area contributed by atoms with Gasteiger partial charge in [0, 0.05) is 12.6 Å². The van der Waals surface area contributed by atoms with E-state index in [9.17, 15) is 0 Å². The molecule has 1 fully saturated rings. The van der Waals surface area contributed by atoms with E-state index in [2.05, 4.69) is 24.7 Å². The molecule has 0 aromatic rings. The summed E-state index contributed by atoms with van der Waals surface area (Å²) in [6.07, 6.45) is 9.06. The average molecular weight is 194 g/mol. The first-order valence-corrected chi connectivity index (χ1v) is 5.64. The lowest BCUT2D eigenvalue weighted by molar-refractivity contribution is 0.135. The molecule has 0 bridgehead atoms. The van der Waals surface area contributed by atoms with Crippen LogP contribution in [0.25, 0.3) is 0 Å². The lowest BCUT2D eigenvalue weighted by atomic mass is 9.91. The van der Waals surface area contributed by atoms with Gasteiger partial charge in [0.1, 0.15) is 0 Å². The fraction of sp³-hybridized carbons (Fsp3) is 0.833. The Morgan fingerprint density at radius 2 is 2.36 bits per heavy atom. The van der Waals surface area contributed by atoms with Gasteiger partial charge in [-0.2, -0.15) is 0 Å². The second-order valence-electron chi connectivity index (χ2n) is 4.35. The van der Waals surface area contributed by atoms with Crippen LogP contribution in [0.5, 0.6) is 0 Å². The number of likely N-dealkylation sites (tertiary alicyclic amines) is 1. The van der Waals surface area contributed by atoms with Crippen LogP contribution in [0, 0.1) is 18.3 Å². The Balaban J connectivity index is 2.51. The minimum absolute atomic E-state index is 0.299. The highest BCUT2D eigenvalue weighted by atomic mass is 15.2. The number of nitrogens with two attached hydrogens (primary N) is 1. The highest BCUT2D eigenvalue weighted by Crippen LogP contribution is 2.21. The third-order valence-corrected chi connectivity index (χ3v) is 3.25. The van der Waals surface area contributed by atoms with Gasteiger partial charge in [0.05, 0.1) is 6.04 Å². The van der Waals surface area contributed by atoms with Crippen LogP contribution in [-0.2, 0) is 0 Å². The molecule has 2 N–H and O–H groups in total. The molecule has 2 heteroatoms. The molecule has 0 spiro atoms. The summed E-state index contributed by atoms with van der Waals surface area (Å²) in [7, 11) is 0. The van der Waals surface area contributed by atoms with Crippen LogP contribution in [-0.4, -0.2) is 30.1 Å². The monoisotopic (exact) mass is 194 g/mol. The summed E-state index contributed by atoms with van der Waals surface area (Å²) in [4.78, 5) is 2.41. The summed E-state index contributed by atoms with van der Waals surface area (Å²) in [5.74, 6) is 3.50. The lowest BCUT2D eigenvalue weighted by Gasteiger charge is -2.37. The largest absolute Gasteiger partial charge is 0.328 e. The maximum Gasteiger partial charge on any atom is 0.0709 e. The first kappa shape index (κ1) is 11.6. The third kappa shape index (κ3) is 2.73. The van der Waals surface area contributed by atoms with Crippen molar-refractivity contribution in [2.45, 2.75) is 45.2 Å². The van der Waals surface area contributed by atoms with Gasteiger partial charge in [-0.15, -0.1) is 6.42 Å². The van der Waals surface area contributed by atoms with E-state index >= 15 is 0 Å². The molecule has 2 nitrogen and oxygen atoms in total. The zero-order chi connectivity index (χ0) is 10.6. The molecule has 1 rings (SSSR count). The van der Waals surface area contributed by atoms with Gasteiger partial charge in [-0.25, -0.2) is 0 Å². The second-order valence-corrected chi connectivity index (χ2v) is 4.35. The number of hydrogen-bond donors (Lipinski definition) is 1. The second kappa shape index (κ2) is 5.38. The minimum atomic E-state index is 0.299. The molecule has 3 atom stereocenters. The topological polar surface area (TPSA) is 29.3 Å².